The fourth-order valence-corrected chi connectivity index (χ4v) is 4.08. The van der Waals surface area contributed by atoms with Gasteiger partial charge in [0, 0.05) is 13.0 Å². The van der Waals surface area contributed by atoms with Gasteiger partial charge in [-0.25, -0.2) is 0 Å². The molecule has 1 fully saturated rings. The van der Waals surface area contributed by atoms with E-state index in [1.54, 1.807) is 0 Å². The number of nitrogens with zero attached hydrogens (tertiary/aromatic N) is 1. The zero-order chi connectivity index (χ0) is 17.5. The zero-order valence-corrected chi connectivity index (χ0v) is 15.2. The van der Waals surface area contributed by atoms with Crippen LogP contribution in [0.1, 0.15) is 62.6 Å². The first-order chi connectivity index (χ1) is 12.3. The second-order valence-corrected chi connectivity index (χ2v) is 7.11. The number of carbonyl (C=O) groups is 1. The van der Waals surface area contributed by atoms with Crippen LogP contribution in [0, 0.1) is 5.92 Å². The smallest absolute Gasteiger partial charge is 0.223 e. The molecule has 0 saturated heterocycles. The third-order valence-electron chi connectivity index (χ3n) is 5.39. The van der Waals surface area contributed by atoms with Gasteiger partial charge >= 0.3 is 0 Å². The van der Waals surface area contributed by atoms with Crippen LogP contribution < -0.4 is 0 Å². The average Bonchev–Trinajstić information content (AvgIpc) is 2.68. The van der Waals surface area contributed by atoms with E-state index < -0.39 is 0 Å². The van der Waals surface area contributed by atoms with Crippen molar-refractivity contribution in [2.45, 2.75) is 51.5 Å². The molecule has 2 aromatic carbocycles. The Morgan fingerprint density at radius 2 is 1.44 bits per heavy atom. The first-order valence-corrected chi connectivity index (χ1v) is 9.69. The lowest BCUT2D eigenvalue weighted by Gasteiger charge is -2.33. The van der Waals surface area contributed by atoms with Gasteiger partial charge in [-0.15, -0.1) is 0 Å². The second kappa shape index (κ2) is 8.84. The van der Waals surface area contributed by atoms with E-state index >= 15 is 0 Å². The van der Waals surface area contributed by atoms with Crippen LogP contribution >= 0.6 is 0 Å². The molecule has 2 nitrogen and oxygen atoms in total. The van der Waals surface area contributed by atoms with E-state index in [1.807, 2.05) is 12.1 Å². The van der Waals surface area contributed by atoms with Crippen molar-refractivity contribution < 1.29 is 4.79 Å². The van der Waals surface area contributed by atoms with E-state index in [1.165, 1.54) is 43.2 Å². The quantitative estimate of drug-likeness (QED) is 0.673. The molecule has 1 aliphatic carbocycles. The molecule has 0 aliphatic heterocycles. The molecule has 0 spiro atoms. The molecule has 25 heavy (non-hydrogen) atoms. The maximum atomic E-state index is 13.2. The molecule has 1 amide bonds. The molecule has 1 aliphatic rings. The monoisotopic (exact) mass is 335 g/mol. The molecule has 0 N–H and O–H groups in total. The van der Waals surface area contributed by atoms with Crippen molar-refractivity contribution in [3.05, 3.63) is 71.8 Å². The summed E-state index contributed by atoms with van der Waals surface area (Å²) < 4.78 is 0. The summed E-state index contributed by atoms with van der Waals surface area (Å²) in [4.78, 5) is 15.2. The third kappa shape index (κ3) is 4.50. The van der Waals surface area contributed by atoms with E-state index in [0.29, 0.717) is 18.2 Å². The van der Waals surface area contributed by atoms with Crippen LogP contribution in [0.3, 0.4) is 0 Å². The molecule has 0 heterocycles. The van der Waals surface area contributed by atoms with Crippen molar-refractivity contribution in [3.63, 3.8) is 0 Å². The van der Waals surface area contributed by atoms with Gasteiger partial charge in [0.05, 0.1) is 6.04 Å². The van der Waals surface area contributed by atoms with Gasteiger partial charge in [0.25, 0.3) is 0 Å². The Hall–Kier alpha value is -2.09. The van der Waals surface area contributed by atoms with Crippen molar-refractivity contribution in [3.8, 4) is 0 Å². The minimum atomic E-state index is 0.00323. The molecule has 2 heteroatoms. The predicted molar refractivity (Wildman–Crippen MR) is 103 cm³/mol. The van der Waals surface area contributed by atoms with Crippen molar-refractivity contribution in [1.82, 2.24) is 4.90 Å². The van der Waals surface area contributed by atoms with Crippen LogP contribution in [-0.4, -0.2) is 17.4 Å². The lowest BCUT2D eigenvalue weighted by Crippen LogP contribution is -2.36. The average molecular weight is 335 g/mol. The standard InChI is InChI=1S/C23H29NO/c1-2-24(22(25)18-19-12-6-3-7-13-19)23(20-14-8-4-9-15-20)21-16-10-5-11-17-21/h4-5,8-11,14-17,19,23H,2-3,6-7,12-13,18H2,1H3. The molecule has 1 saturated carbocycles. The highest BCUT2D eigenvalue weighted by atomic mass is 16.2. The van der Waals surface area contributed by atoms with Gasteiger partial charge in [0.1, 0.15) is 0 Å². The number of hydrogen-bond donors (Lipinski definition) is 0. The van der Waals surface area contributed by atoms with Crippen LogP contribution in [0.15, 0.2) is 60.7 Å². The van der Waals surface area contributed by atoms with E-state index in [9.17, 15) is 4.79 Å². The molecule has 132 valence electrons. The summed E-state index contributed by atoms with van der Waals surface area (Å²) >= 11 is 0. The SMILES string of the molecule is CCN(C(=O)CC1CCCCC1)C(c1ccccc1)c1ccccc1. The van der Waals surface area contributed by atoms with Crippen molar-refractivity contribution >= 4 is 5.91 Å². The Kier molecular flexibility index (Phi) is 6.27. The molecule has 0 atom stereocenters. The Balaban J connectivity index is 1.86. The molecule has 0 radical (unpaired) electrons. The molecular weight excluding hydrogens is 306 g/mol. The highest BCUT2D eigenvalue weighted by Gasteiger charge is 2.27. The third-order valence-corrected chi connectivity index (χ3v) is 5.39. The van der Waals surface area contributed by atoms with Gasteiger partial charge in [-0.05, 0) is 36.8 Å². The fourth-order valence-electron chi connectivity index (χ4n) is 4.08. The van der Waals surface area contributed by atoms with E-state index in [0.717, 1.165) is 6.54 Å². The normalized spacial score (nSPS) is 15.3. The molecule has 0 bridgehead atoms. The largest absolute Gasteiger partial charge is 0.332 e. The minimum Gasteiger partial charge on any atom is -0.332 e. The van der Waals surface area contributed by atoms with Gasteiger partial charge in [0.2, 0.25) is 5.91 Å². The lowest BCUT2D eigenvalue weighted by molar-refractivity contribution is -0.134. The van der Waals surface area contributed by atoms with Gasteiger partial charge in [-0.1, -0.05) is 79.9 Å². The predicted octanol–water partition coefficient (Wildman–Crippen LogP) is 5.59. The first-order valence-electron chi connectivity index (χ1n) is 9.69. The molecule has 3 rings (SSSR count). The maximum absolute atomic E-state index is 13.2. The van der Waals surface area contributed by atoms with E-state index in [-0.39, 0.29) is 6.04 Å². The summed E-state index contributed by atoms with van der Waals surface area (Å²) in [5.41, 5.74) is 2.38. The van der Waals surface area contributed by atoms with Crippen LogP contribution in [0.5, 0.6) is 0 Å². The number of hydrogen-bond acceptors (Lipinski definition) is 1. The fraction of sp³-hybridized carbons (Fsp3) is 0.435. The highest BCUT2D eigenvalue weighted by Crippen LogP contribution is 2.32. The second-order valence-electron chi connectivity index (χ2n) is 7.11. The summed E-state index contributed by atoms with van der Waals surface area (Å²) in [6.45, 7) is 2.83. The first kappa shape index (κ1) is 17.7. The summed E-state index contributed by atoms with van der Waals surface area (Å²) in [5, 5.41) is 0. The van der Waals surface area contributed by atoms with Crippen LogP contribution in [0.2, 0.25) is 0 Å². The number of rotatable bonds is 6. The Labute approximate surface area is 151 Å². The van der Waals surface area contributed by atoms with Gasteiger partial charge in [-0.3, -0.25) is 4.79 Å². The Morgan fingerprint density at radius 1 is 0.920 bits per heavy atom. The molecule has 2 aromatic rings. The van der Waals surface area contributed by atoms with Crippen LogP contribution in [0.4, 0.5) is 0 Å². The van der Waals surface area contributed by atoms with E-state index in [2.05, 4.69) is 60.4 Å². The number of amides is 1. The van der Waals surface area contributed by atoms with Crippen LogP contribution in [-0.2, 0) is 4.79 Å². The summed E-state index contributed by atoms with van der Waals surface area (Å²) in [5.74, 6) is 0.870. The molecular formula is C23H29NO. The minimum absolute atomic E-state index is 0.00323. The Bertz CT molecular complexity index is 607. The number of carbonyl (C=O) groups excluding carboxylic acids is 1. The number of benzene rings is 2. The summed E-state index contributed by atoms with van der Waals surface area (Å²) in [6.07, 6.45) is 7.02. The van der Waals surface area contributed by atoms with Crippen molar-refractivity contribution in [2.24, 2.45) is 5.92 Å². The summed E-state index contributed by atoms with van der Waals surface area (Å²) in [6, 6.07) is 20.8. The van der Waals surface area contributed by atoms with Gasteiger partial charge in [-0.2, -0.15) is 0 Å². The molecule has 0 aromatic heterocycles. The Morgan fingerprint density at radius 3 is 1.92 bits per heavy atom. The topological polar surface area (TPSA) is 20.3 Å². The highest BCUT2D eigenvalue weighted by molar-refractivity contribution is 5.77. The maximum Gasteiger partial charge on any atom is 0.223 e. The van der Waals surface area contributed by atoms with Gasteiger partial charge in [0.15, 0.2) is 0 Å². The molecule has 0 unspecified atom stereocenters. The lowest BCUT2D eigenvalue weighted by atomic mass is 9.86. The summed E-state index contributed by atoms with van der Waals surface area (Å²) in [7, 11) is 0. The van der Waals surface area contributed by atoms with Gasteiger partial charge < -0.3 is 4.90 Å². The zero-order valence-electron chi connectivity index (χ0n) is 15.2. The van der Waals surface area contributed by atoms with E-state index in [4.69, 9.17) is 0 Å². The van der Waals surface area contributed by atoms with Crippen LogP contribution in [0.25, 0.3) is 0 Å². The van der Waals surface area contributed by atoms with Crippen molar-refractivity contribution in [1.29, 1.82) is 0 Å². The van der Waals surface area contributed by atoms with Crippen molar-refractivity contribution in [2.75, 3.05) is 6.54 Å².